The van der Waals surface area contributed by atoms with Gasteiger partial charge in [-0.3, -0.25) is 4.68 Å². The zero-order valence-corrected chi connectivity index (χ0v) is 14.7. The summed E-state index contributed by atoms with van der Waals surface area (Å²) in [7, 11) is 1.85. The fraction of sp³-hybridized carbons (Fsp3) is 0.150. The van der Waals surface area contributed by atoms with Crippen molar-refractivity contribution in [3.63, 3.8) is 0 Å². The van der Waals surface area contributed by atoms with Crippen molar-refractivity contribution in [1.82, 2.24) is 20.1 Å². The predicted octanol–water partition coefficient (Wildman–Crippen LogP) is 3.75. The van der Waals surface area contributed by atoms with Crippen LogP contribution in [0.5, 0.6) is 0 Å². The van der Waals surface area contributed by atoms with Gasteiger partial charge in [-0.05, 0) is 29.3 Å². The van der Waals surface area contributed by atoms with Crippen LogP contribution in [0.4, 0.5) is 10.5 Å². The molecule has 0 bridgehead atoms. The molecular weight excluding hydrogens is 326 g/mol. The molecule has 0 aliphatic rings. The van der Waals surface area contributed by atoms with Crippen LogP contribution in [0.15, 0.2) is 54.7 Å². The Bertz CT molecular complexity index is 1110. The number of urea groups is 1. The zero-order valence-electron chi connectivity index (χ0n) is 14.7. The second kappa shape index (κ2) is 6.48. The molecule has 26 heavy (non-hydrogen) atoms. The molecule has 130 valence electrons. The first-order valence-electron chi connectivity index (χ1n) is 8.42. The Labute approximate surface area is 150 Å². The number of amides is 2. The maximum atomic E-state index is 12.3. The van der Waals surface area contributed by atoms with E-state index in [9.17, 15) is 4.79 Å². The number of aromatic nitrogens is 3. The third kappa shape index (κ3) is 2.97. The number of hydrogen-bond donors (Lipinski definition) is 2. The smallest absolute Gasteiger partial charge is 0.319 e. The van der Waals surface area contributed by atoms with Gasteiger partial charge in [0.1, 0.15) is 0 Å². The normalized spacial score (nSPS) is 11.0. The molecule has 2 N–H and O–H groups in total. The molecule has 2 aromatic heterocycles. The van der Waals surface area contributed by atoms with Gasteiger partial charge in [-0.15, -0.1) is 0 Å². The summed E-state index contributed by atoms with van der Waals surface area (Å²) in [5, 5.41) is 13.3. The van der Waals surface area contributed by atoms with Crippen LogP contribution in [0.2, 0.25) is 0 Å². The number of nitrogens with one attached hydrogen (secondary N) is 2. The number of carbonyl (C=O) groups excluding carboxylic acids is 1. The van der Waals surface area contributed by atoms with Crippen LogP contribution >= 0.6 is 0 Å². The number of anilines is 1. The van der Waals surface area contributed by atoms with Gasteiger partial charge in [0, 0.05) is 19.0 Å². The van der Waals surface area contributed by atoms with Gasteiger partial charge in [0.2, 0.25) is 0 Å². The van der Waals surface area contributed by atoms with E-state index in [1.807, 2.05) is 44.3 Å². The van der Waals surface area contributed by atoms with Crippen LogP contribution in [-0.2, 0) is 13.6 Å². The number of nitrogens with zero attached hydrogens (tertiary/aromatic N) is 3. The van der Waals surface area contributed by atoms with Crippen molar-refractivity contribution in [3.05, 3.63) is 66.0 Å². The van der Waals surface area contributed by atoms with Crippen molar-refractivity contribution in [1.29, 1.82) is 0 Å². The maximum Gasteiger partial charge on any atom is 0.319 e. The predicted molar refractivity (Wildman–Crippen MR) is 103 cm³/mol. The van der Waals surface area contributed by atoms with Crippen LogP contribution in [0, 0.1) is 6.92 Å². The fourth-order valence-electron chi connectivity index (χ4n) is 3.17. The number of benzene rings is 2. The average molecular weight is 345 g/mol. The summed E-state index contributed by atoms with van der Waals surface area (Å²) in [4.78, 5) is 16.6. The monoisotopic (exact) mass is 345 g/mol. The van der Waals surface area contributed by atoms with Crippen LogP contribution in [-0.4, -0.2) is 20.8 Å². The highest BCUT2D eigenvalue weighted by atomic mass is 16.2. The van der Waals surface area contributed by atoms with Gasteiger partial charge in [0.15, 0.2) is 5.65 Å². The van der Waals surface area contributed by atoms with E-state index in [0.29, 0.717) is 12.2 Å². The molecule has 4 rings (SSSR count). The molecule has 0 atom stereocenters. The lowest BCUT2D eigenvalue weighted by molar-refractivity contribution is 0.252. The molecule has 2 heterocycles. The Kier molecular flexibility index (Phi) is 4.01. The standard InChI is InChI=1S/C20H19N5O/c1-13-18-10-16(12-21-19(18)25(2)24-13)23-20(26)22-11-15-8-5-7-14-6-3-4-9-17(14)15/h3-10,12H,11H2,1-2H3,(H2,22,23,26). The van der Waals surface area contributed by atoms with E-state index >= 15 is 0 Å². The number of pyridine rings is 1. The lowest BCUT2D eigenvalue weighted by Gasteiger charge is -2.10. The SMILES string of the molecule is Cc1nn(C)c2ncc(NC(=O)NCc3cccc4ccccc34)cc12. The summed E-state index contributed by atoms with van der Waals surface area (Å²) in [5.41, 5.74) is 3.40. The largest absolute Gasteiger partial charge is 0.334 e. The van der Waals surface area contributed by atoms with Gasteiger partial charge in [-0.1, -0.05) is 42.5 Å². The molecule has 0 unspecified atom stereocenters. The molecule has 0 saturated carbocycles. The molecule has 0 saturated heterocycles. The minimum Gasteiger partial charge on any atom is -0.334 e. The van der Waals surface area contributed by atoms with Crippen molar-refractivity contribution in [2.75, 3.05) is 5.32 Å². The lowest BCUT2D eigenvalue weighted by Crippen LogP contribution is -2.28. The molecular formula is C20H19N5O. The highest BCUT2D eigenvalue weighted by molar-refractivity contribution is 5.92. The minimum absolute atomic E-state index is 0.263. The van der Waals surface area contributed by atoms with Gasteiger partial charge in [0.25, 0.3) is 0 Å². The molecule has 6 heteroatoms. The first-order chi connectivity index (χ1) is 12.6. The number of carbonyl (C=O) groups is 1. The van der Waals surface area contributed by atoms with E-state index in [1.165, 1.54) is 0 Å². The second-order valence-corrected chi connectivity index (χ2v) is 6.25. The van der Waals surface area contributed by atoms with Gasteiger partial charge in [0.05, 0.1) is 17.6 Å². The zero-order chi connectivity index (χ0) is 18.1. The molecule has 4 aromatic rings. The fourth-order valence-corrected chi connectivity index (χ4v) is 3.17. The lowest BCUT2D eigenvalue weighted by atomic mass is 10.0. The number of rotatable bonds is 3. The molecule has 0 radical (unpaired) electrons. The van der Waals surface area contributed by atoms with Crippen LogP contribution in [0.3, 0.4) is 0 Å². The summed E-state index contributed by atoms with van der Waals surface area (Å²) in [6.07, 6.45) is 1.64. The van der Waals surface area contributed by atoms with Gasteiger partial charge in [-0.25, -0.2) is 9.78 Å². The Balaban J connectivity index is 1.48. The summed E-state index contributed by atoms with van der Waals surface area (Å²) < 4.78 is 1.73. The Hall–Kier alpha value is -3.41. The number of aryl methyl sites for hydroxylation is 2. The van der Waals surface area contributed by atoms with E-state index in [4.69, 9.17) is 0 Å². The van der Waals surface area contributed by atoms with Crippen molar-refractivity contribution >= 4 is 33.5 Å². The van der Waals surface area contributed by atoms with Crippen molar-refractivity contribution in [2.24, 2.45) is 7.05 Å². The van der Waals surface area contributed by atoms with E-state index in [1.54, 1.807) is 10.9 Å². The van der Waals surface area contributed by atoms with Crippen LogP contribution in [0.1, 0.15) is 11.3 Å². The molecule has 0 spiro atoms. The average Bonchev–Trinajstić information content (AvgIpc) is 2.93. The summed E-state index contributed by atoms with van der Waals surface area (Å²) in [6.45, 7) is 2.38. The second-order valence-electron chi connectivity index (χ2n) is 6.25. The molecule has 6 nitrogen and oxygen atoms in total. The van der Waals surface area contributed by atoms with Crippen molar-refractivity contribution in [2.45, 2.75) is 13.5 Å². The van der Waals surface area contributed by atoms with E-state index in [-0.39, 0.29) is 6.03 Å². The van der Waals surface area contributed by atoms with Crippen molar-refractivity contribution in [3.8, 4) is 0 Å². The van der Waals surface area contributed by atoms with Gasteiger partial charge in [-0.2, -0.15) is 5.10 Å². The van der Waals surface area contributed by atoms with Crippen LogP contribution < -0.4 is 10.6 Å². The minimum atomic E-state index is -0.263. The van der Waals surface area contributed by atoms with Gasteiger partial charge < -0.3 is 10.6 Å². The summed E-state index contributed by atoms with van der Waals surface area (Å²) in [5.74, 6) is 0. The van der Waals surface area contributed by atoms with Crippen molar-refractivity contribution < 1.29 is 4.79 Å². The van der Waals surface area contributed by atoms with E-state index < -0.39 is 0 Å². The third-order valence-corrected chi connectivity index (χ3v) is 4.44. The first kappa shape index (κ1) is 16.1. The first-order valence-corrected chi connectivity index (χ1v) is 8.42. The highest BCUT2D eigenvalue weighted by Gasteiger charge is 2.09. The summed E-state index contributed by atoms with van der Waals surface area (Å²) >= 11 is 0. The summed E-state index contributed by atoms with van der Waals surface area (Å²) in [6, 6.07) is 15.9. The molecule has 0 aliphatic carbocycles. The Morgan fingerprint density at radius 1 is 1.12 bits per heavy atom. The topological polar surface area (TPSA) is 71.8 Å². The van der Waals surface area contributed by atoms with E-state index in [0.717, 1.165) is 33.1 Å². The number of fused-ring (bicyclic) bond motifs is 2. The quantitative estimate of drug-likeness (QED) is 0.594. The van der Waals surface area contributed by atoms with E-state index in [2.05, 4.69) is 38.9 Å². The van der Waals surface area contributed by atoms with Gasteiger partial charge >= 0.3 is 6.03 Å². The molecule has 0 aliphatic heterocycles. The Morgan fingerprint density at radius 3 is 2.81 bits per heavy atom. The molecule has 0 fully saturated rings. The maximum absolute atomic E-state index is 12.3. The third-order valence-electron chi connectivity index (χ3n) is 4.44. The Morgan fingerprint density at radius 2 is 1.92 bits per heavy atom. The van der Waals surface area contributed by atoms with Crippen LogP contribution in [0.25, 0.3) is 21.8 Å². The number of hydrogen-bond acceptors (Lipinski definition) is 3. The highest BCUT2D eigenvalue weighted by Crippen LogP contribution is 2.20. The molecule has 2 amide bonds. The molecule has 2 aromatic carbocycles.